The molecular weight excluding hydrogens is 276 g/mol. The van der Waals surface area contributed by atoms with Crippen molar-refractivity contribution in [2.24, 2.45) is 0 Å². The van der Waals surface area contributed by atoms with Crippen molar-refractivity contribution < 1.29 is 4.79 Å². The Balaban J connectivity index is 1.87. The second kappa shape index (κ2) is 6.15. The van der Waals surface area contributed by atoms with Gasteiger partial charge in [0.25, 0.3) is 0 Å². The van der Waals surface area contributed by atoms with Gasteiger partial charge in [-0.2, -0.15) is 0 Å². The predicted octanol–water partition coefficient (Wildman–Crippen LogP) is 5.12. The molecule has 0 spiro atoms. The third-order valence-electron chi connectivity index (χ3n) is 3.56. The van der Waals surface area contributed by atoms with Gasteiger partial charge in [-0.15, -0.1) is 11.8 Å². The third kappa shape index (κ3) is 3.01. The number of carbonyl (C=O) groups is 1. The van der Waals surface area contributed by atoms with E-state index in [2.05, 4.69) is 13.0 Å². The molecule has 0 atom stereocenters. The minimum atomic E-state index is 0.181. The van der Waals surface area contributed by atoms with E-state index >= 15 is 0 Å². The second-order valence-electron chi connectivity index (χ2n) is 5.00. The average Bonchev–Trinajstić information content (AvgIpc) is 2.54. The van der Waals surface area contributed by atoms with Crippen LogP contribution in [0.2, 0.25) is 0 Å². The van der Waals surface area contributed by atoms with Crippen LogP contribution in [0.3, 0.4) is 0 Å². The second-order valence-corrected chi connectivity index (χ2v) is 6.05. The van der Waals surface area contributed by atoms with E-state index in [9.17, 15) is 4.79 Å². The van der Waals surface area contributed by atoms with E-state index in [0.29, 0.717) is 5.75 Å². The maximum atomic E-state index is 12.5. The molecule has 0 aromatic heterocycles. The molecule has 0 aliphatic carbocycles. The van der Waals surface area contributed by atoms with Crippen LogP contribution in [0.1, 0.15) is 15.9 Å². The lowest BCUT2D eigenvalue weighted by atomic mass is 9.98. The number of ketones is 1. The van der Waals surface area contributed by atoms with Gasteiger partial charge in [-0.05, 0) is 35.4 Å². The van der Waals surface area contributed by atoms with E-state index in [1.54, 1.807) is 11.8 Å². The highest BCUT2D eigenvalue weighted by Gasteiger charge is 2.11. The lowest BCUT2D eigenvalue weighted by Crippen LogP contribution is -2.03. The molecule has 1 nitrogen and oxygen atoms in total. The number of thioether (sulfide) groups is 1. The van der Waals surface area contributed by atoms with Gasteiger partial charge in [0.1, 0.15) is 0 Å². The largest absolute Gasteiger partial charge is 0.293 e. The summed E-state index contributed by atoms with van der Waals surface area (Å²) in [6.07, 6.45) is 0. The SMILES string of the molecule is Cc1ccc(C(=O)CSc2ccccc2)c2ccccc12. The van der Waals surface area contributed by atoms with Crippen LogP contribution in [-0.4, -0.2) is 11.5 Å². The van der Waals surface area contributed by atoms with Crippen molar-refractivity contribution in [3.05, 3.63) is 77.9 Å². The summed E-state index contributed by atoms with van der Waals surface area (Å²) in [4.78, 5) is 13.6. The standard InChI is InChI=1S/C19H16OS/c1-14-11-12-18(17-10-6-5-9-16(14)17)19(20)13-21-15-7-3-2-4-8-15/h2-12H,13H2,1H3. The summed E-state index contributed by atoms with van der Waals surface area (Å²) in [5.41, 5.74) is 2.03. The van der Waals surface area contributed by atoms with E-state index in [1.807, 2.05) is 60.7 Å². The van der Waals surface area contributed by atoms with Crippen molar-refractivity contribution in [1.82, 2.24) is 0 Å². The Morgan fingerprint density at radius 1 is 0.857 bits per heavy atom. The van der Waals surface area contributed by atoms with Crippen molar-refractivity contribution in [1.29, 1.82) is 0 Å². The summed E-state index contributed by atoms with van der Waals surface area (Å²) in [5, 5.41) is 2.21. The normalized spacial score (nSPS) is 10.7. The van der Waals surface area contributed by atoms with E-state index in [-0.39, 0.29) is 5.78 Å². The Hall–Kier alpha value is -2.06. The third-order valence-corrected chi connectivity index (χ3v) is 4.57. The number of carbonyl (C=O) groups excluding carboxylic acids is 1. The first-order valence-corrected chi connectivity index (χ1v) is 7.93. The lowest BCUT2D eigenvalue weighted by molar-refractivity contribution is 0.102. The van der Waals surface area contributed by atoms with Crippen molar-refractivity contribution in [3.8, 4) is 0 Å². The molecule has 2 heteroatoms. The molecule has 0 bridgehead atoms. The molecule has 0 unspecified atom stereocenters. The van der Waals surface area contributed by atoms with Crippen molar-refractivity contribution in [2.75, 3.05) is 5.75 Å². The van der Waals surface area contributed by atoms with E-state index in [1.165, 1.54) is 5.56 Å². The molecule has 0 heterocycles. The van der Waals surface area contributed by atoms with Crippen molar-refractivity contribution >= 4 is 28.3 Å². The molecule has 3 rings (SSSR count). The number of hydrogen-bond acceptors (Lipinski definition) is 2. The number of benzene rings is 3. The van der Waals surface area contributed by atoms with Gasteiger partial charge < -0.3 is 0 Å². The Morgan fingerprint density at radius 3 is 2.29 bits per heavy atom. The fourth-order valence-electron chi connectivity index (χ4n) is 2.44. The van der Waals surface area contributed by atoms with Crippen LogP contribution in [0.25, 0.3) is 10.8 Å². The summed E-state index contributed by atoms with van der Waals surface area (Å²) in [5.74, 6) is 0.650. The van der Waals surface area contributed by atoms with Gasteiger partial charge in [0.2, 0.25) is 0 Å². The number of fused-ring (bicyclic) bond motifs is 1. The molecule has 0 saturated carbocycles. The zero-order valence-electron chi connectivity index (χ0n) is 11.9. The topological polar surface area (TPSA) is 17.1 Å². The van der Waals surface area contributed by atoms with Crippen LogP contribution >= 0.6 is 11.8 Å². The quantitative estimate of drug-likeness (QED) is 0.490. The van der Waals surface area contributed by atoms with Gasteiger partial charge in [0, 0.05) is 10.5 Å². The molecule has 0 fully saturated rings. The number of Topliss-reactive ketones (excluding diaryl/α,β-unsaturated/α-hetero) is 1. The van der Waals surface area contributed by atoms with Crippen molar-refractivity contribution in [2.45, 2.75) is 11.8 Å². The summed E-state index contributed by atoms with van der Waals surface area (Å²) < 4.78 is 0. The maximum absolute atomic E-state index is 12.5. The minimum absolute atomic E-state index is 0.181. The zero-order chi connectivity index (χ0) is 14.7. The Bertz CT molecular complexity index is 778. The number of rotatable bonds is 4. The van der Waals surface area contributed by atoms with Crippen LogP contribution < -0.4 is 0 Å². The van der Waals surface area contributed by atoms with Gasteiger partial charge in [0.15, 0.2) is 5.78 Å². The Morgan fingerprint density at radius 2 is 1.52 bits per heavy atom. The summed E-state index contributed by atoms with van der Waals surface area (Å²) in [6.45, 7) is 2.08. The fourth-order valence-corrected chi connectivity index (χ4v) is 3.24. The molecule has 0 aliphatic heterocycles. The number of aryl methyl sites for hydroxylation is 1. The van der Waals surface area contributed by atoms with E-state index < -0.39 is 0 Å². The summed E-state index contributed by atoms with van der Waals surface area (Å²) in [7, 11) is 0. The smallest absolute Gasteiger partial charge is 0.173 e. The Kier molecular flexibility index (Phi) is 4.07. The molecule has 0 N–H and O–H groups in total. The van der Waals surface area contributed by atoms with Gasteiger partial charge >= 0.3 is 0 Å². The number of hydrogen-bond donors (Lipinski definition) is 0. The molecule has 0 radical (unpaired) electrons. The van der Waals surface area contributed by atoms with Crippen LogP contribution in [0.15, 0.2) is 71.6 Å². The highest BCUT2D eigenvalue weighted by molar-refractivity contribution is 8.00. The van der Waals surface area contributed by atoms with Gasteiger partial charge in [0.05, 0.1) is 5.75 Å². The first-order chi connectivity index (χ1) is 10.3. The van der Waals surface area contributed by atoms with Crippen LogP contribution in [0.5, 0.6) is 0 Å². The molecule has 0 saturated heterocycles. The monoisotopic (exact) mass is 292 g/mol. The Labute approximate surface area is 129 Å². The first kappa shape index (κ1) is 13.9. The fraction of sp³-hybridized carbons (Fsp3) is 0.105. The van der Waals surface area contributed by atoms with Crippen molar-refractivity contribution in [3.63, 3.8) is 0 Å². The molecule has 3 aromatic rings. The first-order valence-electron chi connectivity index (χ1n) is 6.95. The van der Waals surface area contributed by atoms with Crippen LogP contribution in [0.4, 0.5) is 0 Å². The van der Waals surface area contributed by atoms with E-state index in [4.69, 9.17) is 0 Å². The maximum Gasteiger partial charge on any atom is 0.173 e. The van der Waals surface area contributed by atoms with Gasteiger partial charge in [-0.3, -0.25) is 4.79 Å². The predicted molar refractivity (Wildman–Crippen MR) is 90.2 cm³/mol. The highest BCUT2D eigenvalue weighted by atomic mass is 32.2. The van der Waals surface area contributed by atoms with Gasteiger partial charge in [-0.25, -0.2) is 0 Å². The van der Waals surface area contributed by atoms with Crippen LogP contribution in [-0.2, 0) is 0 Å². The molecule has 0 amide bonds. The summed E-state index contributed by atoms with van der Waals surface area (Å²) in [6, 6.07) is 22.1. The average molecular weight is 292 g/mol. The molecule has 21 heavy (non-hydrogen) atoms. The van der Waals surface area contributed by atoms with Crippen LogP contribution in [0, 0.1) is 6.92 Å². The lowest BCUT2D eigenvalue weighted by Gasteiger charge is -2.08. The highest BCUT2D eigenvalue weighted by Crippen LogP contribution is 2.25. The molecule has 3 aromatic carbocycles. The van der Waals surface area contributed by atoms with Gasteiger partial charge in [-0.1, -0.05) is 54.6 Å². The summed E-state index contributed by atoms with van der Waals surface area (Å²) >= 11 is 1.59. The molecule has 104 valence electrons. The molecule has 0 aliphatic rings. The molecular formula is C19H16OS. The minimum Gasteiger partial charge on any atom is -0.293 e. The zero-order valence-corrected chi connectivity index (χ0v) is 12.7. The van der Waals surface area contributed by atoms with E-state index in [0.717, 1.165) is 21.2 Å².